The van der Waals surface area contributed by atoms with Gasteiger partial charge in [-0.2, -0.15) is 0 Å². The molecule has 0 bridgehead atoms. The Hall–Kier alpha value is -1.50. The van der Waals surface area contributed by atoms with E-state index in [1.807, 2.05) is 30.3 Å². The highest BCUT2D eigenvalue weighted by atomic mass is 16.5. The molecule has 0 fully saturated rings. The third kappa shape index (κ3) is 1.17. The van der Waals surface area contributed by atoms with Crippen molar-refractivity contribution in [2.24, 2.45) is 0 Å². The Morgan fingerprint density at radius 1 is 1.18 bits per heavy atom. The van der Waals surface area contributed by atoms with Crippen LogP contribution in [0, 0.1) is 6.08 Å². The Bertz CT molecular complexity index is 279. The van der Waals surface area contributed by atoms with Gasteiger partial charge in [0.15, 0.2) is 0 Å². The molecule has 0 saturated carbocycles. The average molecular weight is 143 g/mol. The van der Waals surface area contributed by atoms with Crippen LogP contribution in [0.3, 0.4) is 0 Å². The molecule has 0 N–H and O–H groups in total. The van der Waals surface area contributed by atoms with Crippen molar-refractivity contribution >= 4 is 6.08 Å². The maximum Gasteiger partial charge on any atom is 0.0987 e. The summed E-state index contributed by atoms with van der Waals surface area (Å²) in [4.78, 5) is 0. The first-order valence-corrected chi connectivity index (χ1v) is 3.46. The summed E-state index contributed by atoms with van der Waals surface area (Å²) in [6.07, 6.45) is 8.15. The summed E-state index contributed by atoms with van der Waals surface area (Å²) >= 11 is 0. The summed E-state index contributed by atoms with van der Waals surface area (Å²) in [5.74, 6) is 0. The van der Waals surface area contributed by atoms with E-state index in [1.165, 1.54) is 0 Å². The largest absolute Gasteiger partial charge is 0.472 e. The number of benzene rings is 1. The van der Waals surface area contributed by atoms with E-state index in [2.05, 4.69) is 6.08 Å². The lowest BCUT2D eigenvalue weighted by atomic mass is 10.1. The maximum atomic E-state index is 4.96. The quantitative estimate of drug-likeness (QED) is 0.541. The Morgan fingerprint density at radius 2 is 2.09 bits per heavy atom. The molecule has 0 amide bonds. The molecule has 1 aliphatic heterocycles. The molecule has 53 valence electrons. The molecule has 1 aliphatic rings. The van der Waals surface area contributed by atoms with Gasteiger partial charge in [-0.05, 0) is 17.2 Å². The van der Waals surface area contributed by atoms with Crippen LogP contribution in [-0.4, -0.2) is 0 Å². The van der Waals surface area contributed by atoms with Crippen LogP contribution in [0.15, 0.2) is 36.8 Å². The highest BCUT2D eigenvalue weighted by Crippen LogP contribution is 2.13. The first-order valence-electron chi connectivity index (χ1n) is 3.46. The van der Waals surface area contributed by atoms with Crippen LogP contribution in [0.5, 0.6) is 0 Å². The van der Waals surface area contributed by atoms with Crippen LogP contribution in [-0.2, 0) is 4.74 Å². The van der Waals surface area contributed by atoms with Gasteiger partial charge >= 0.3 is 0 Å². The fourth-order valence-electron chi connectivity index (χ4n) is 1.02. The van der Waals surface area contributed by atoms with Crippen LogP contribution < -0.4 is 0 Å². The highest BCUT2D eigenvalue weighted by molar-refractivity contribution is 5.55. The Kier molecular flexibility index (Phi) is 1.48. The lowest BCUT2D eigenvalue weighted by Crippen LogP contribution is -1.77. The van der Waals surface area contributed by atoms with Gasteiger partial charge in [-0.25, -0.2) is 0 Å². The zero-order valence-corrected chi connectivity index (χ0v) is 5.95. The molecule has 2 rings (SSSR count). The summed E-state index contributed by atoms with van der Waals surface area (Å²) in [6, 6.07) is 8.02. The van der Waals surface area contributed by atoms with E-state index in [4.69, 9.17) is 4.74 Å². The molecule has 0 spiro atoms. The van der Waals surface area contributed by atoms with Gasteiger partial charge in [0.25, 0.3) is 0 Å². The van der Waals surface area contributed by atoms with Crippen molar-refractivity contribution < 1.29 is 4.74 Å². The molecule has 1 radical (unpaired) electrons. The van der Waals surface area contributed by atoms with Gasteiger partial charge in [0, 0.05) is 6.08 Å². The van der Waals surface area contributed by atoms with Gasteiger partial charge in [-0.1, -0.05) is 24.3 Å². The van der Waals surface area contributed by atoms with Crippen molar-refractivity contribution in [3.63, 3.8) is 0 Å². The second-order valence-corrected chi connectivity index (χ2v) is 2.29. The van der Waals surface area contributed by atoms with Crippen LogP contribution in [0.4, 0.5) is 0 Å². The van der Waals surface area contributed by atoms with Crippen molar-refractivity contribution in [2.75, 3.05) is 0 Å². The number of rotatable bonds is 0. The molecule has 0 saturated heterocycles. The Morgan fingerprint density at radius 3 is 3.09 bits per heavy atom. The molecule has 0 aliphatic carbocycles. The Labute approximate surface area is 65.6 Å². The van der Waals surface area contributed by atoms with Gasteiger partial charge in [0.1, 0.15) is 0 Å². The number of fused-ring (bicyclic) bond motifs is 1. The molecule has 1 heterocycles. The minimum absolute atomic E-state index is 1.07. The monoisotopic (exact) mass is 143 g/mol. The van der Waals surface area contributed by atoms with Crippen LogP contribution in [0.1, 0.15) is 11.1 Å². The summed E-state index contributed by atoms with van der Waals surface area (Å²) < 4.78 is 4.96. The number of hydrogen-bond acceptors (Lipinski definition) is 1. The molecule has 1 nitrogen and oxygen atoms in total. The molecule has 1 aromatic rings. The highest BCUT2D eigenvalue weighted by Gasteiger charge is 1.96. The van der Waals surface area contributed by atoms with E-state index in [-0.39, 0.29) is 0 Å². The summed E-state index contributed by atoms with van der Waals surface area (Å²) in [5, 5.41) is 0. The van der Waals surface area contributed by atoms with E-state index in [9.17, 15) is 0 Å². The maximum absolute atomic E-state index is 4.96. The van der Waals surface area contributed by atoms with Crippen molar-refractivity contribution in [1.29, 1.82) is 0 Å². The minimum Gasteiger partial charge on any atom is -0.472 e. The standard InChI is InChI=1S/C10H7O/c1-2-4-10-6-8-11-7-5-9(10)3-1/h1-5,7-8H. The zero-order valence-electron chi connectivity index (χ0n) is 5.95. The molecule has 0 atom stereocenters. The van der Waals surface area contributed by atoms with Crippen LogP contribution >= 0.6 is 0 Å². The zero-order chi connectivity index (χ0) is 7.52. The average Bonchev–Trinajstić information content (AvgIpc) is 2.28. The lowest BCUT2D eigenvalue weighted by molar-refractivity contribution is 0.405. The molecule has 11 heavy (non-hydrogen) atoms. The molecule has 1 aromatic carbocycles. The van der Waals surface area contributed by atoms with E-state index in [0.717, 1.165) is 11.1 Å². The van der Waals surface area contributed by atoms with Gasteiger partial charge in [-0.15, -0.1) is 0 Å². The van der Waals surface area contributed by atoms with Crippen molar-refractivity contribution in [3.8, 4) is 0 Å². The topological polar surface area (TPSA) is 9.23 Å². The van der Waals surface area contributed by atoms with Gasteiger partial charge in [0.05, 0.1) is 12.5 Å². The number of hydrogen-bond donors (Lipinski definition) is 0. The van der Waals surface area contributed by atoms with Gasteiger partial charge in [0.2, 0.25) is 0 Å². The second-order valence-electron chi connectivity index (χ2n) is 2.29. The van der Waals surface area contributed by atoms with Crippen molar-refractivity contribution in [3.05, 3.63) is 54.0 Å². The smallest absolute Gasteiger partial charge is 0.0987 e. The van der Waals surface area contributed by atoms with Gasteiger partial charge in [-0.3, -0.25) is 0 Å². The number of ether oxygens (including phenoxy) is 1. The van der Waals surface area contributed by atoms with Crippen LogP contribution in [0.25, 0.3) is 6.08 Å². The minimum atomic E-state index is 1.07. The Balaban J connectivity index is 2.58. The summed E-state index contributed by atoms with van der Waals surface area (Å²) in [7, 11) is 0. The van der Waals surface area contributed by atoms with Crippen LogP contribution in [0.2, 0.25) is 0 Å². The molecule has 1 heteroatoms. The predicted octanol–water partition coefficient (Wildman–Crippen LogP) is 2.35. The molecular weight excluding hydrogens is 136 g/mol. The third-order valence-corrected chi connectivity index (χ3v) is 1.57. The molecule has 0 unspecified atom stereocenters. The molecular formula is C10H7O. The van der Waals surface area contributed by atoms with E-state index in [1.54, 1.807) is 12.5 Å². The van der Waals surface area contributed by atoms with E-state index in [0.29, 0.717) is 0 Å². The predicted molar refractivity (Wildman–Crippen MR) is 43.5 cm³/mol. The second kappa shape index (κ2) is 2.62. The first kappa shape index (κ1) is 6.23. The van der Waals surface area contributed by atoms with Gasteiger partial charge < -0.3 is 4.74 Å². The fourth-order valence-corrected chi connectivity index (χ4v) is 1.02. The fraction of sp³-hybridized carbons (Fsp3) is 0. The normalized spacial score (nSPS) is 13.5. The first-order chi connectivity index (χ1) is 5.47. The van der Waals surface area contributed by atoms with E-state index >= 15 is 0 Å². The third-order valence-electron chi connectivity index (χ3n) is 1.57. The molecule has 0 aromatic heterocycles. The summed E-state index contributed by atoms with van der Waals surface area (Å²) in [6.45, 7) is 0. The summed E-state index contributed by atoms with van der Waals surface area (Å²) in [5.41, 5.74) is 2.21. The van der Waals surface area contributed by atoms with Crippen molar-refractivity contribution in [2.45, 2.75) is 0 Å². The van der Waals surface area contributed by atoms with E-state index < -0.39 is 0 Å². The SMILES string of the molecule is [C]1=COC=Cc2ccccc21. The van der Waals surface area contributed by atoms with Crippen molar-refractivity contribution in [1.82, 2.24) is 0 Å². The lowest BCUT2D eigenvalue weighted by Gasteiger charge is -1.94.